The van der Waals surface area contributed by atoms with Crippen LogP contribution in [-0.2, 0) is 0 Å². The molecule has 0 aliphatic carbocycles. The van der Waals surface area contributed by atoms with Gasteiger partial charge < -0.3 is 10.1 Å². The van der Waals surface area contributed by atoms with Gasteiger partial charge >= 0.3 is 6.61 Å². The van der Waals surface area contributed by atoms with Crippen molar-refractivity contribution in [3.63, 3.8) is 0 Å². The van der Waals surface area contributed by atoms with Gasteiger partial charge in [-0.25, -0.2) is 0 Å². The van der Waals surface area contributed by atoms with Gasteiger partial charge in [0.1, 0.15) is 5.75 Å². The highest BCUT2D eigenvalue weighted by molar-refractivity contribution is 9.10. The highest BCUT2D eigenvalue weighted by Crippen LogP contribution is 2.22. The van der Waals surface area contributed by atoms with E-state index in [1.807, 2.05) is 0 Å². The Morgan fingerprint density at radius 1 is 1.19 bits per heavy atom. The number of rotatable bonds is 4. The molecular weight excluding hydrogens is 364 g/mol. The van der Waals surface area contributed by atoms with Crippen LogP contribution < -0.4 is 10.1 Å². The van der Waals surface area contributed by atoms with E-state index in [-0.39, 0.29) is 11.7 Å². The van der Waals surface area contributed by atoms with E-state index in [1.54, 1.807) is 18.2 Å². The van der Waals surface area contributed by atoms with Crippen molar-refractivity contribution in [3.8, 4) is 5.75 Å². The van der Waals surface area contributed by atoms with E-state index in [0.717, 1.165) is 4.47 Å². The van der Waals surface area contributed by atoms with E-state index < -0.39 is 6.61 Å². The van der Waals surface area contributed by atoms with E-state index >= 15 is 0 Å². The van der Waals surface area contributed by atoms with Crippen LogP contribution in [-0.4, -0.2) is 12.5 Å². The lowest BCUT2D eigenvalue weighted by Gasteiger charge is -2.09. The normalized spacial score (nSPS) is 10.5. The van der Waals surface area contributed by atoms with Crippen molar-refractivity contribution in [2.75, 3.05) is 5.32 Å². The second-order valence-electron chi connectivity index (χ2n) is 4.02. The Kier molecular flexibility index (Phi) is 5.19. The highest BCUT2D eigenvalue weighted by Gasteiger charge is 2.10. The maximum absolute atomic E-state index is 12.1. The number of nitrogens with one attached hydrogen (secondary N) is 1. The number of ether oxygens (including phenoxy) is 1. The van der Waals surface area contributed by atoms with Gasteiger partial charge in [0.05, 0.1) is 5.56 Å². The van der Waals surface area contributed by atoms with E-state index in [0.29, 0.717) is 16.1 Å². The Morgan fingerprint density at radius 3 is 2.43 bits per heavy atom. The first-order chi connectivity index (χ1) is 9.95. The molecule has 0 unspecified atom stereocenters. The zero-order valence-electron chi connectivity index (χ0n) is 10.5. The summed E-state index contributed by atoms with van der Waals surface area (Å²) < 4.78 is 29.1. The van der Waals surface area contributed by atoms with Gasteiger partial charge in [-0.05, 0) is 42.5 Å². The second kappa shape index (κ2) is 6.91. The van der Waals surface area contributed by atoms with Crippen molar-refractivity contribution >= 4 is 40.2 Å². The third-order valence-electron chi connectivity index (χ3n) is 2.54. The molecule has 0 aliphatic rings. The number of carbonyl (C=O) groups excluding carboxylic acids is 1. The SMILES string of the molecule is O=C(Nc1ccc(OC(F)F)cc1)c1ccc(Br)cc1S. The van der Waals surface area contributed by atoms with E-state index in [9.17, 15) is 13.6 Å². The lowest BCUT2D eigenvalue weighted by Crippen LogP contribution is -2.12. The van der Waals surface area contributed by atoms with Crippen LogP contribution in [0.5, 0.6) is 5.75 Å². The average Bonchev–Trinajstić information content (AvgIpc) is 2.40. The number of alkyl halides is 2. The highest BCUT2D eigenvalue weighted by atomic mass is 79.9. The fourth-order valence-corrected chi connectivity index (χ4v) is 2.47. The largest absolute Gasteiger partial charge is 0.435 e. The molecule has 2 aromatic rings. The summed E-state index contributed by atoms with van der Waals surface area (Å²) in [6.07, 6.45) is 0. The zero-order chi connectivity index (χ0) is 15.4. The molecule has 110 valence electrons. The summed E-state index contributed by atoms with van der Waals surface area (Å²) in [5, 5.41) is 2.65. The maximum Gasteiger partial charge on any atom is 0.387 e. The van der Waals surface area contributed by atoms with Crippen molar-refractivity contribution in [1.29, 1.82) is 0 Å². The summed E-state index contributed by atoms with van der Waals surface area (Å²) in [5.41, 5.74) is 0.881. The van der Waals surface area contributed by atoms with Gasteiger partial charge in [0.25, 0.3) is 5.91 Å². The van der Waals surface area contributed by atoms with E-state index in [4.69, 9.17) is 0 Å². The molecule has 0 heterocycles. The molecule has 0 radical (unpaired) electrons. The minimum atomic E-state index is -2.88. The Labute approximate surface area is 133 Å². The van der Waals surface area contributed by atoms with Crippen molar-refractivity contribution in [2.45, 2.75) is 11.5 Å². The van der Waals surface area contributed by atoms with Gasteiger partial charge in [0.2, 0.25) is 0 Å². The van der Waals surface area contributed by atoms with Crippen LogP contribution in [0.3, 0.4) is 0 Å². The number of carbonyl (C=O) groups is 1. The van der Waals surface area contributed by atoms with Gasteiger partial charge in [-0.15, -0.1) is 12.6 Å². The molecule has 2 aromatic carbocycles. The van der Waals surface area contributed by atoms with Gasteiger partial charge in [-0.2, -0.15) is 8.78 Å². The summed E-state index contributed by atoms with van der Waals surface area (Å²) in [5.74, 6) is -0.309. The summed E-state index contributed by atoms with van der Waals surface area (Å²) >= 11 is 7.52. The first-order valence-corrected chi connectivity index (χ1v) is 7.04. The number of benzene rings is 2. The molecule has 3 nitrogen and oxygen atoms in total. The smallest absolute Gasteiger partial charge is 0.387 e. The standard InChI is InChI=1S/C14H10BrF2NO2S/c15-8-1-6-11(12(21)7-8)13(19)18-9-2-4-10(5-3-9)20-14(16)17/h1-7,14,21H,(H,18,19). The van der Waals surface area contributed by atoms with Crippen molar-refractivity contribution in [3.05, 3.63) is 52.5 Å². The van der Waals surface area contributed by atoms with E-state index in [1.165, 1.54) is 24.3 Å². The molecule has 0 spiro atoms. The zero-order valence-corrected chi connectivity index (χ0v) is 13.0. The number of halogens is 3. The molecule has 1 N–H and O–H groups in total. The Hall–Kier alpha value is -1.60. The van der Waals surface area contributed by atoms with Crippen LogP contribution in [0, 0.1) is 0 Å². The fraction of sp³-hybridized carbons (Fsp3) is 0.0714. The average molecular weight is 374 g/mol. The molecule has 0 aliphatic heterocycles. The van der Waals surface area contributed by atoms with Gasteiger partial charge in [-0.1, -0.05) is 15.9 Å². The van der Waals surface area contributed by atoms with Crippen molar-refractivity contribution < 1.29 is 18.3 Å². The quantitative estimate of drug-likeness (QED) is 0.769. The molecule has 0 fully saturated rings. The predicted octanol–water partition coefficient (Wildman–Crippen LogP) is 4.59. The number of anilines is 1. The second-order valence-corrected chi connectivity index (χ2v) is 5.42. The maximum atomic E-state index is 12.1. The van der Waals surface area contributed by atoms with Crippen LogP contribution in [0.4, 0.5) is 14.5 Å². The molecular formula is C14H10BrF2NO2S. The third kappa shape index (κ3) is 4.44. The van der Waals surface area contributed by atoms with Crippen LogP contribution in [0.25, 0.3) is 0 Å². The monoisotopic (exact) mass is 373 g/mol. The van der Waals surface area contributed by atoms with Crippen LogP contribution in [0.1, 0.15) is 10.4 Å². The molecule has 0 bridgehead atoms. The molecule has 7 heteroatoms. The Bertz CT molecular complexity index is 650. The number of thiol groups is 1. The summed E-state index contributed by atoms with van der Waals surface area (Å²) in [7, 11) is 0. The summed E-state index contributed by atoms with van der Waals surface area (Å²) in [6, 6.07) is 10.7. The lowest BCUT2D eigenvalue weighted by atomic mass is 10.2. The molecule has 0 aromatic heterocycles. The molecule has 0 saturated carbocycles. The molecule has 21 heavy (non-hydrogen) atoms. The van der Waals surface area contributed by atoms with E-state index in [2.05, 4.69) is 38.6 Å². The summed E-state index contributed by atoms with van der Waals surface area (Å²) in [6.45, 7) is -2.88. The minimum absolute atomic E-state index is 0.0292. The fourth-order valence-electron chi connectivity index (χ4n) is 1.61. The molecule has 2 rings (SSSR count). The Morgan fingerprint density at radius 2 is 1.86 bits per heavy atom. The molecule has 1 amide bonds. The third-order valence-corrected chi connectivity index (χ3v) is 3.41. The van der Waals surface area contributed by atoms with Gasteiger partial charge in [0.15, 0.2) is 0 Å². The topological polar surface area (TPSA) is 38.3 Å². The first kappa shape index (κ1) is 15.8. The van der Waals surface area contributed by atoms with Crippen LogP contribution in [0.2, 0.25) is 0 Å². The number of hydrogen-bond donors (Lipinski definition) is 2. The summed E-state index contributed by atoms with van der Waals surface area (Å²) in [4.78, 5) is 12.6. The first-order valence-electron chi connectivity index (χ1n) is 5.80. The van der Waals surface area contributed by atoms with Crippen molar-refractivity contribution in [2.24, 2.45) is 0 Å². The van der Waals surface area contributed by atoms with Crippen LogP contribution in [0.15, 0.2) is 51.8 Å². The number of hydrogen-bond acceptors (Lipinski definition) is 3. The molecule has 0 atom stereocenters. The minimum Gasteiger partial charge on any atom is -0.435 e. The lowest BCUT2D eigenvalue weighted by molar-refractivity contribution is -0.0498. The van der Waals surface area contributed by atoms with Gasteiger partial charge in [0, 0.05) is 15.1 Å². The Balaban J connectivity index is 2.08. The van der Waals surface area contributed by atoms with Gasteiger partial charge in [-0.3, -0.25) is 4.79 Å². The van der Waals surface area contributed by atoms with Crippen molar-refractivity contribution in [1.82, 2.24) is 0 Å². The molecule has 0 saturated heterocycles. The predicted molar refractivity (Wildman–Crippen MR) is 82.4 cm³/mol. The number of amides is 1. The van der Waals surface area contributed by atoms with Crippen LogP contribution >= 0.6 is 28.6 Å².